The van der Waals surface area contributed by atoms with Crippen molar-refractivity contribution in [2.24, 2.45) is 0 Å². The molecule has 0 aliphatic carbocycles. The van der Waals surface area contributed by atoms with Gasteiger partial charge in [-0.05, 0) is 57.8 Å². The van der Waals surface area contributed by atoms with Gasteiger partial charge in [0.2, 0.25) is 0 Å². The van der Waals surface area contributed by atoms with Crippen LogP contribution < -0.4 is 0 Å². The molecule has 0 amide bonds. The molecule has 0 saturated carbocycles. The van der Waals surface area contributed by atoms with Gasteiger partial charge < -0.3 is 9.84 Å². The number of hydrogen-bond acceptors (Lipinski definition) is 3. The zero-order valence-electron chi connectivity index (χ0n) is 26.9. The van der Waals surface area contributed by atoms with Crippen molar-refractivity contribution in [1.29, 1.82) is 0 Å². The van der Waals surface area contributed by atoms with Gasteiger partial charge in [0.1, 0.15) is 6.10 Å². The highest BCUT2D eigenvalue weighted by Gasteiger charge is 2.15. The van der Waals surface area contributed by atoms with Crippen molar-refractivity contribution in [3.8, 4) is 0 Å². The van der Waals surface area contributed by atoms with E-state index in [0.29, 0.717) is 19.3 Å². The topological polar surface area (TPSA) is 63.6 Å². The van der Waals surface area contributed by atoms with Crippen LogP contribution in [0.15, 0.2) is 12.2 Å². The van der Waals surface area contributed by atoms with Crippen LogP contribution in [0.2, 0.25) is 0 Å². The summed E-state index contributed by atoms with van der Waals surface area (Å²) in [6.07, 6.45) is 37.9. The van der Waals surface area contributed by atoms with E-state index in [1.165, 1.54) is 135 Å². The van der Waals surface area contributed by atoms with Crippen molar-refractivity contribution >= 4 is 11.9 Å². The summed E-state index contributed by atoms with van der Waals surface area (Å²) in [5, 5.41) is 8.98. The van der Waals surface area contributed by atoms with E-state index in [2.05, 4.69) is 26.0 Å². The Hall–Kier alpha value is -1.32. The first-order valence-corrected chi connectivity index (χ1v) is 17.7. The summed E-state index contributed by atoms with van der Waals surface area (Å²) in [4.78, 5) is 23.4. The van der Waals surface area contributed by atoms with E-state index in [1.807, 2.05) is 0 Å². The van der Waals surface area contributed by atoms with Gasteiger partial charge in [-0.1, -0.05) is 142 Å². The lowest BCUT2D eigenvalue weighted by atomic mass is 10.0. The molecule has 0 radical (unpaired) electrons. The lowest BCUT2D eigenvalue weighted by Crippen LogP contribution is -2.18. The van der Waals surface area contributed by atoms with Crippen LogP contribution in [0.3, 0.4) is 0 Å². The Morgan fingerprint density at radius 3 is 1.40 bits per heavy atom. The Morgan fingerprint density at radius 2 is 0.925 bits per heavy atom. The normalized spacial score (nSPS) is 12.2. The monoisotopic (exact) mass is 565 g/mol. The van der Waals surface area contributed by atoms with Crippen LogP contribution in [0.25, 0.3) is 0 Å². The smallest absolute Gasteiger partial charge is 0.306 e. The molecule has 0 aromatic carbocycles. The largest absolute Gasteiger partial charge is 0.481 e. The highest BCUT2D eigenvalue weighted by atomic mass is 16.5. The third-order valence-electron chi connectivity index (χ3n) is 7.99. The van der Waals surface area contributed by atoms with Gasteiger partial charge >= 0.3 is 11.9 Å². The molecule has 4 nitrogen and oxygen atoms in total. The Labute approximate surface area is 249 Å². The maximum atomic E-state index is 12.4. The summed E-state index contributed by atoms with van der Waals surface area (Å²) >= 11 is 0. The van der Waals surface area contributed by atoms with Crippen LogP contribution in [0.4, 0.5) is 0 Å². The molecule has 40 heavy (non-hydrogen) atoms. The van der Waals surface area contributed by atoms with Gasteiger partial charge in [-0.2, -0.15) is 0 Å². The molecule has 0 aliphatic rings. The number of allylic oxidation sites excluding steroid dienone is 2. The van der Waals surface area contributed by atoms with Crippen molar-refractivity contribution < 1.29 is 19.4 Å². The van der Waals surface area contributed by atoms with Gasteiger partial charge in [0.15, 0.2) is 0 Å². The molecule has 0 heterocycles. The van der Waals surface area contributed by atoms with Gasteiger partial charge in [-0.25, -0.2) is 0 Å². The number of unbranched alkanes of at least 4 members (excludes halogenated alkanes) is 21. The maximum absolute atomic E-state index is 12.4. The number of carboxylic acids is 1. The van der Waals surface area contributed by atoms with Gasteiger partial charge in [-0.15, -0.1) is 0 Å². The molecule has 0 saturated heterocycles. The first kappa shape index (κ1) is 38.7. The number of carbonyl (C=O) groups excluding carboxylic acids is 1. The molecule has 0 aliphatic heterocycles. The summed E-state index contributed by atoms with van der Waals surface area (Å²) in [6.45, 7) is 4.53. The third-order valence-corrected chi connectivity index (χ3v) is 7.99. The second kappa shape index (κ2) is 32.2. The van der Waals surface area contributed by atoms with E-state index in [4.69, 9.17) is 9.84 Å². The van der Waals surface area contributed by atoms with Crippen LogP contribution in [0.1, 0.15) is 200 Å². The number of hydrogen-bond donors (Lipinski definition) is 1. The molecule has 1 atom stereocenters. The third kappa shape index (κ3) is 31.2. The van der Waals surface area contributed by atoms with Crippen LogP contribution >= 0.6 is 0 Å². The van der Waals surface area contributed by atoms with Gasteiger partial charge in [0, 0.05) is 12.8 Å². The zero-order chi connectivity index (χ0) is 29.4. The van der Waals surface area contributed by atoms with E-state index in [1.54, 1.807) is 0 Å². The van der Waals surface area contributed by atoms with Crippen molar-refractivity contribution in [2.45, 2.75) is 206 Å². The predicted molar refractivity (Wildman–Crippen MR) is 172 cm³/mol. The van der Waals surface area contributed by atoms with Crippen molar-refractivity contribution in [3.05, 3.63) is 12.2 Å². The SMILES string of the molecule is CCCCCCCC/C=C\CCCCCCCC(=O)O[C@H](CCCCCCCCCCCCC)CCCC(=O)O. The number of aliphatic carboxylic acids is 1. The molecule has 0 aromatic rings. The Balaban J connectivity index is 3.83. The highest BCUT2D eigenvalue weighted by molar-refractivity contribution is 5.69. The Bertz CT molecular complexity index is 571. The summed E-state index contributed by atoms with van der Waals surface area (Å²) in [5.74, 6) is -0.867. The Kier molecular flexibility index (Phi) is 31.1. The first-order chi connectivity index (χ1) is 19.6. The number of carboxylic acid groups (broad SMARTS) is 1. The van der Waals surface area contributed by atoms with Crippen LogP contribution in [-0.4, -0.2) is 23.1 Å². The molecule has 0 spiro atoms. The maximum Gasteiger partial charge on any atom is 0.306 e. The lowest BCUT2D eigenvalue weighted by molar-refractivity contribution is -0.150. The molecule has 0 fully saturated rings. The summed E-state index contributed by atoms with van der Waals surface area (Å²) < 4.78 is 5.80. The zero-order valence-corrected chi connectivity index (χ0v) is 26.9. The minimum Gasteiger partial charge on any atom is -0.481 e. The number of ether oxygens (including phenoxy) is 1. The van der Waals surface area contributed by atoms with E-state index in [9.17, 15) is 9.59 Å². The highest BCUT2D eigenvalue weighted by Crippen LogP contribution is 2.18. The fraction of sp³-hybridized carbons (Fsp3) is 0.889. The first-order valence-electron chi connectivity index (χ1n) is 17.7. The number of rotatable bonds is 32. The average molecular weight is 565 g/mol. The van der Waals surface area contributed by atoms with Crippen LogP contribution in [0.5, 0.6) is 0 Å². The lowest BCUT2D eigenvalue weighted by Gasteiger charge is -2.18. The molecule has 4 heteroatoms. The summed E-state index contributed by atoms with van der Waals surface area (Å²) in [7, 11) is 0. The standard InChI is InChI=1S/C36H68O4/c1-3-5-7-9-11-13-15-16-17-18-20-22-24-26-28-33-36(39)40-34(31-29-32-35(37)38)30-27-25-23-21-19-14-12-10-8-6-4-2/h16-17,34H,3-15,18-33H2,1-2H3,(H,37,38)/b17-16-/t34-/m1/s1. The minimum absolute atomic E-state index is 0.0963. The van der Waals surface area contributed by atoms with Crippen molar-refractivity contribution in [2.75, 3.05) is 0 Å². The quantitative estimate of drug-likeness (QED) is 0.0501. The van der Waals surface area contributed by atoms with Gasteiger partial charge in [-0.3, -0.25) is 9.59 Å². The molecule has 0 aromatic heterocycles. The second-order valence-corrected chi connectivity index (χ2v) is 12.1. The molecule has 0 bridgehead atoms. The molecular weight excluding hydrogens is 496 g/mol. The Morgan fingerprint density at radius 1 is 0.525 bits per heavy atom. The van der Waals surface area contributed by atoms with Crippen molar-refractivity contribution in [1.82, 2.24) is 0 Å². The fourth-order valence-corrected chi connectivity index (χ4v) is 5.36. The second-order valence-electron chi connectivity index (χ2n) is 12.1. The number of esters is 1. The minimum atomic E-state index is -0.770. The summed E-state index contributed by atoms with van der Waals surface area (Å²) in [6, 6.07) is 0. The van der Waals surface area contributed by atoms with E-state index >= 15 is 0 Å². The van der Waals surface area contributed by atoms with E-state index < -0.39 is 5.97 Å². The van der Waals surface area contributed by atoms with Crippen LogP contribution in [0, 0.1) is 0 Å². The molecule has 1 N–H and O–H groups in total. The van der Waals surface area contributed by atoms with E-state index in [-0.39, 0.29) is 18.5 Å². The van der Waals surface area contributed by atoms with Gasteiger partial charge in [0.25, 0.3) is 0 Å². The fourth-order valence-electron chi connectivity index (χ4n) is 5.36. The average Bonchev–Trinajstić information content (AvgIpc) is 2.93. The predicted octanol–water partition coefficient (Wildman–Crippen LogP) is 11.9. The molecular formula is C36H68O4. The van der Waals surface area contributed by atoms with Gasteiger partial charge in [0.05, 0.1) is 0 Å². The van der Waals surface area contributed by atoms with Crippen molar-refractivity contribution in [3.63, 3.8) is 0 Å². The van der Waals surface area contributed by atoms with E-state index in [0.717, 1.165) is 25.7 Å². The number of carbonyl (C=O) groups is 2. The van der Waals surface area contributed by atoms with Crippen LogP contribution in [-0.2, 0) is 14.3 Å². The summed E-state index contributed by atoms with van der Waals surface area (Å²) in [5.41, 5.74) is 0. The molecule has 236 valence electrons. The molecule has 0 rings (SSSR count). The molecule has 0 unspecified atom stereocenters.